The monoisotopic (exact) mass is 375 g/mol. The molecule has 0 saturated carbocycles. The van der Waals surface area contributed by atoms with Gasteiger partial charge in [-0.3, -0.25) is 9.59 Å². The number of carbonyl (C=O) groups excluding carboxylic acids is 2. The van der Waals surface area contributed by atoms with Gasteiger partial charge in [0.25, 0.3) is 5.91 Å². The smallest absolute Gasteiger partial charge is 0.270 e. The van der Waals surface area contributed by atoms with Gasteiger partial charge in [0.1, 0.15) is 11.4 Å². The molecular formula is C22H21N3O3. The Hall–Kier alpha value is -3.67. The van der Waals surface area contributed by atoms with Crippen LogP contribution in [0.1, 0.15) is 33.3 Å². The predicted octanol–water partition coefficient (Wildman–Crippen LogP) is 3.97. The number of hydrogen-bond acceptors (Lipinski definition) is 5. The first-order valence-corrected chi connectivity index (χ1v) is 8.80. The summed E-state index contributed by atoms with van der Waals surface area (Å²) in [4.78, 5) is 28.0. The first kappa shape index (κ1) is 19.1. The molecule has 142 valence electrons. The van der Waals surface area contributed by atoms with Crippen LogP contribution in [0.25, 0.3) is 0 Å². The van der Waals surface area contributed by atoms with Crippen LogP contribution in [0.4, 0.5) is 11.4 Å². The van der Waals surface area contributed by atoms with Crippen molar-refractivity contribution < 1.29 is 14.3 Å². The summed E-state index contributed by atoms with van der Waals surface area (Å²) in [6.45, 7) is 1.93. The van der Waals surface area contributed by atoms with Crippen molar-refractivity contribution in [1.82, 2.24) is 10.3 Å². The molecule has 0 aliphatic rings. The van der Waals surface area contributed by atoms with Crippen molar-refractivity contribution in [3.63, 3.8) is 0 Å². The quantitative estimate of drug-likeness (QED) is 0.611. The zero-order chi connectivity index (χ0) is 19.9. The number of rotatable bonds is 7. The van der Waals surface area contributed by atoms with Gasteiger partial charge in [-0.15, -0.1) is 0 Å². The summed E-state index contributed by atoms with van der Waals surface area (Å²) in [5.74, 6) is 0.528. The van der Waals surface area contributed by atoms with Gasteiger partial charge in [-0.1, -0.05) is 24.3 Å². The number of Topliss-reactive ketones (excluding diaryl/α,β-unsaturated/α-hetero) is 1. The number of nitrogens with one attached hydrogen (secondary N) is 2. The second-order valence-electron chi connectivity index (χ2n) is 6.22. The van der Waals surface area contributed by atoms with Gasteiger partial charge in [0.05, 0.1) is 19.0 Å². The van der Waals surface area contributed by atoms with Gasteiger partial charge < -0.3 is 15.4 Å². The first-order chi connectivity index (χ1) is 13.5. The summed E-state index contributed by atoms with van der Waals surface area (Å²) in [6.07, 6.45) is 1.59. The van der Waals surface area contributed by atoms with Crippen LogP contribution in [0.5, 0.6) is 5.75 Å². The molecule has 6 nitrogen and oxygen atoms in total. The lowest BCUT2D eigenvalue weighted by Gasteiger charge is -2.09. The van der Waals surface area contributed by atoms with Gasteiger partial charge >= 0.3 is 0 Å². The lowest BCUT2D eigenvalue weighted by molar-refractivity contribution is 0.0945. The third-order valence-corrected chi connectivity index (χ3v) is 4.17. The van der Waals surface area contributed by atoms with Gasteiger partial charge in [0.15, 0.2) is 5.78 Å². The Morgan fingerprint density at radius 2 is 1.79 bits per heavy atom. The van der Waals surface area contributed by atoms with E-state index in [1.165, 1.54) is 6.92 Å². The third kappa shape index (κ3) is 4.94. The third-order valence-electron chi connectivity index (χ3n) is 4.17. The number of ether oxygens (including phenoxy) is 1. The number of pyridine rings is 1. The molecule has 0 bridgehead atoms. The van der Waals surface area contributed by atoms with Gasteiger partial charge in [0.2, 0.25) is 0 Å². The lowest BCUT2D eigenvalue weighted by atomic mass is 10.1. The summed E-state index contributed by atoms with van der Waals surface area (Å²) >= 11 is 0. The van der Waals surface area contributed by atoms with Crippen LogP contribution >= 0.6 is 0 Å². The molecule has 0 spiro atoms. The molecule has 3 rings (SSSR count). The van der Waals surface area contributed by atoms with Crippen molar-refractivity contribution in [2.24, 2.45) is 0 Å². The largest absolute Gasteiger partial charge is 0.497 e. The standard InChI is InChI=1S/C22H21N3O3/c1-15(26)17-4-3-5-18(12-17)25-19-8-11-21(23-14-19)22(27)24-13-16-6-9-20(28-2)10-7-16/h3-12,14,25H,13H2,1-2H3,(H,24,27). The summed E-state index contributed by atoms with van der Waals surface area (Å²) in [6, 6.07) is 18.1. The van der Waals surface area contributed by atoms with E-state index in [9.17, 15) is 9.59 Å². The van der Waals surface area contributed by atoms with E-state index in [2.05, 4.69) is 15.6 Å². The Morgan fingerprint density at radius 1 is 1.00 bits per heavy atom. The second-order valence-corrected chi connectivity index (χ2v) is 6.22. The number of anilines is 2. The van der Waals surface area contributed by atoms with E-state index in [1.807, 2.05) is 36.4 Å². The molecule has 0 saturated heterocycles. The number of nitrogens with zero attached hydrogens (tertiary/aromatic N) is 1. The highest BCUT2D eigenvalue weighted by atomic mass is 16.5. The number of aromatic nitrogens is 1. The topological polar surface area (TPSA) is 80.3 Å². The van der Waals surface area contributed by atoms with Crippen molar-refractivity contribution >= 4 is 23.1 Å². The van der Waals surface area contributed by atoms with Crippen molar-refractivity contribution in [3.05, 3.63) is 83.7 Å². The molecule has 6 heteroatoms. The summed E-state index contributed by atoms with van der Waals surface area (Å²) in [5, 5.41) is 6.02. The van der Waals surface area contributed by atoms with E-state index in [0.717, 1.165) is 22.7 Å². The predicted molar refractivity (Wildman–Crippen MR) is 108 cm³/mol. The summed E-state index contributed by atoms with van der Waals surface area (Å²) in [5.41, 5.74) is 3.44. The Kier molecular flexibility index (Phi) is 6.01. The van der Waals surface area contributed by atoms with Crippen molar-refractivity contribution in [2.75, 3.05) is 12.4 Å². The molecule has 0 radical (unpaired) electrons. The van der Waals surface area contributed by atoms with E-state index in [1.54, 1.807) is 37.6 Å². The van der Waals surface area contributed by atoms with Crippen molar-refractivity contribution in [3.8, 4) is 5.75 Å². The zero-order valence-electron chi connectivity index (χ0n) is 15.7. The number of ketones is 1. The summed E-state index contributed by atoms with van der Waals surface area (Å²) in [7, 11) is 1.61. The zero-order valence-corrected chi connectivity index (χ0v) is 15.7. The van der Waals surface area contributed by atoms with E-state index >= 15 is 0 Å². The molecule has 0 aliphatic carbocycles. The summed E-state index contributed by atoms with van der Waals surface area (Å²) < 4.78 is 5.12. The Balaban J connectivity index is 1.59. The maximum absolute atomic E-state index is 12.3. The number of amides is 1. The second kappa shape index (κ2) is 8.81. The number of hydrogen-bond donors (Lipinski definition) is 2. The van der Waals surface area contributed by atoms with Crippen molar-refractivity contribution in [1.29, 1.82) is 0 Å². The van der Waals surface area contributed by atoms with Crippen LogP contribution in [0.15, 0.2) is 66.9 Å². The molecule has 1 amide bonds. The molecule has 3 aromatic rings. The SMILES string of the molecule is COc1ccc(CNC(=O)c2ccc(Nc3cccc(C(C)=O)c3)cn2)cc1. The van der Waals surface area contributed by atoms with E-state index in [-0.39, 0.29) is 11.7 Å². The highest BCUT2D eigenvalue weighted by molar-refractivity contribution is 5.95. The average molecular weight is 375 g/mol. The highest BCUT2D eigenvalue weighted by Crippen LogP contribution is 2.18. The molecule has 2 N–H and O–H groups in total. The molecule has 1 heterocycles. The highest BCUT2D eigenvalue weighted by Gasteiger charge is 2.08. The fraction of sp³-hybridized carbons (Fsp3) is 0.136. The van der Waals surface area contributed by atoms with E-state index in [0.29, 0.717) is 17.8 Å². The number of methoxy groups -OCH3 is 1. The van der Waals surface area contributed by atoms with Crippen LogP contribution in [0.2, 0.25) is 0 Å². The maximum atomic E-state index is 12.3. The minimum absolute atomic E-state index is 0.00524. The molecule has 0 atom stereocenters. The Labute approximate surface area is 163 Å². The maximum Gasteiger partial charge on any atom is 0.270 e. The van der Waals surface area contributed by atoms with Crippen LogP contribution in [-0.2, 0) is 6.54 Å². The van der Waals surface area contributed by atoms with Gasteiger partial charge in [-0.05, 0) is 48.9 Å². The van der Waals surface area contributed by atoms with Crippen LogP contribution in [0.3, 0.4) is 0 Å². The van der Waals surface area contributed by atoms with E-state index in [4.69, 9.17) is 4.74 Å². The van der Waals surface area contributed by atoms with Gasteiger partial charge in [-0.2, -0.15) is 0 Å². The lowest BCUT2D eigenvalue weighted by Crippen LogP contribution is -2.23. The molecule has 1 aromatic heterocycles. The van der Waals surface area contributed by atoms with Gasteiger partial charge in [-0.25, -0.2) is 4.98 Å². The number of carbonyl (C=O) groups is 2. The molecular weight excluding hydrogens is 354 g/mol. The molecule has 28 heavy (non-hydrogen) atoms. The normalized spacial score (nSPS) is 10.2. The van der Waals surface area contributed by atoms with E-state index < -0.39 is 0 Å². The minimum Gasteiger partial charge on any atom is -0.497 e. The van der Waals surface area contributed by atoms with Crippen molar-refractivity contribution in [2.45, 2.75) is 13.5 Å². The fourth-order valence-electron chi connectivity index (χ4n) is 2.60. The van der Waals surface area contributed by atoms with Gasteiger partial charge in [0, 0.05) is 17.8 Å². The first-order valence-electron chi connectivity index (χ1n) is 8.80. The molecule has 0 fully saturated rings. The number of benzene rings is 2. The van der Waals surface area contributed by atoms with Crippen LogP contribution < -0.4 is 15.4 Å². The fourth-order valence-corrected chi connectivity index (χ4v) is 2.60. The molecule has 0 unspecified atom stereocenters. The molecule has 2 aromatic carbocycles. The van der Waals surface area contributed by atoms with Crippen LogP contribution in [-0.4, -0.2) is 23.8 Å². The average Bonchev–Trinajstić information content (AvgIpc) is 2.73. The minimum atomic E-state index is -0.249. The van der Waals surface area contributed by atoms with Crippen LogP contribution in [0, 0.1) is 0 Å². The molecule has 0 aliphatic heterocycles. The Bertz CT molecular complexity index is 967. The Morgan fingerprint density at radius 3 is 2.43 bits per heavy atom.